The third kappa shape index (κ3) is 6.30. The normalized spacial score (nSPS) is 18.3. The van der Waals surface area contributed by atoms with Crippen molar-refractivity contribution in [2.24, 2.45) is 0 Å². The largest absolute Gasteiger partial charge is 0.480 e. The molecule has 10 heteroatoms. The summed E-state index contributed by atoms with van der Waals surface area (Å²) < 4.78 is 38.6. The maximum atomic E-state index is 13.1. The van der Waals surface area contributed by atoms with Gasteiger partial charge in [-0.1, -0.05) is 23.8 Å². The zero-order valence-electron chi connectivity index (χ0n) is 17.6. The van der Waals surface area contributed by atoms with Gasteiger partial charge in [0.1, 0.15) is 12.6 Å². The van der Waals surface area contributed by atoms with Crippen LogP contribution in [0.4, 0.5) is 13.2 Å². The molecule has 2 rings (SSSR count). The van der Waals surface area contributed by atoms with Crippen LogP contribution in [0.5, 0.6) is 0 Å². The van der Waals surface area contributed by atoms with Gasteiger partial charge in [-0.3, -0.25) is 14.4 Å². The molecule has 170 valence electrons. The minimum atomic E-state index is -4.49. The smallest absolute Gasteiger partial charge is 0.416 e. The summed E-state index contributed by atoms with van der Waals surface area (Å²) in [6.45, 7) is 1.44. The van der Waals surface area contributed by atoms with Crippen LogP contribution in [-0.4, -0.2) is 72.0 Å². The van der Waals surface area contributed by atoms with E-state index in [0.29, 0.717) is 12.0 Å². The number of benzene rings is 1. The van der Waals surface area contributed by atoms with Gasteiger partial charge in [0.05, 0.1) is 11.6 Å². The molecule has 0 aliphatic carbocycles. The van der Waals surface area contributed by atoms with Crippen molar-refractivity contribution >= 4 is 17.8 Å². The van der Waals surface area contributed by atoms with Crippen LogP contribution in [0, 0.1) is 0 Å². The summed E-state index contributed by atoms with van der Waals surface area (Å²) in [6.07, 6.45) is -2.26. The highest BCUT2D eigenvalue weighted by molar-refractivity contribution is 5.91. The molecule has 1 heterocycles. The van der Waals surface area contributed by atoms with Crippen molar-refractivity contribution in [3.63, 3.8) is 0 Å². The lowest BCUT2D eigenvalue weighted by atomic mass is 10.0. The second kappa shape index (κ2) is 9.95. The number of alkyl halides is 3. The van der Waals surface area contributed by atoms with Crippen LogP contribution in [0.15, 0.2) is 35.9 Å². The summed E-state index contributed by atoms with van der Waals surface area (Å²) in [4.78, 5) is 39.6. The van der Waals surface area contributed by atoms with Crippen LogP contribution in [0.25, 0.3) is 0 Å². The molecule has 0 bridgehead atoms. The summed E-state index contributed by atoms with van der Waals surface area (Å²) >= 11 is 0. The van der Waals surface area contributed by atoms with Gasteiger partial charge < -0.3 is 20.2 Å². The first-order chi connectivity index (χ1) is 14.4. The average molecular weight is 441 g/mol. The zero-order valence-corrected chi connectivity index (χ0v) is 17.6. The van der Waals surface area contributed by atoms with Gasteiger partial charge in [-0.25, -0.2) is 0 Å². The first-order valence-electron chi connectivity index (χ1n) is 9.70. The fourth-order valence-corrected chi connectivity index (χ4v) is 3.46. The van der Waals surface area contributed by atoms with E-state index in [-0.39, 0.29) is 18.9 Å². The molecule has 2 N–H and O–H groups in total. The molecule has 0 spiro atoms. The van der Waals surface area contributed by atoms with Crippen molar-refractivity contribution in [2.45, 2.75) is 38.0 Å². The Morgan fingerprint density at radius 2 is 1.90 bits per heavy atom. The highest BCUT2D eigenvalue weighted by Crippen LogP contribution is 2.29. The number of hydrogen-bond donors (Lipinski definition) is 2. The number of nitrogens with one attached hydrogen (secondary N) is 1. The number of carboxylic acid groups (broad SMARTS) is 1. The number of hydrogen-bond acceptors (Lipinski definition) is 4. The van der Waals surface area contributed by atoms with E-state index in [9.17, 15) is 27.6 Å². The van der Waals surface area contributed by atoms with Crippen LogP contribution in [0.2, 0.25) is 0 Å². The van der Waals surface area contributed by atoms with E-state index in [1.807, 2.05) is 13.0 Å². The summed E-state index contributed by atoms with van der Waals surface area (Å²) in [5.41, 5.74) is 0.561. The summed E-state index contributed by atoms with van der Waals surface area (Å²) in [6, 6.07) is 2.74. The molecule has 0 radical (unpaired) electrons. The number of carboxylic acids is 1. The zero-order chi connectivity index (χ0) is 23.3. The second-order valence-corrected chi connectivity index (χ2v) is 7.59. The SMILES string of the molecule is CN[C@H]1CC(C)=CCN([C@@H](Cc2ccc(C(F)(F)F)cc2)C(=O)N(C)CC(=O)O)C1=O. The van der Waals surface area contributed by atoms with E-state index in [2.05, 4.69) is 5.32 Å². The number of carbonyl (C=O) groups excluding carboxylic acids is 2. The Labute approximate surface area is 178 Å². The topological polar surface area (TPSA) is 90.0 Å². The van der Waals surface area contributed by atoms with Gasteiger partial charge in [0.2, 0.25) is 11.8 Å². The van der Waals surface area contributed by atoms with Gasteiger partial charge in [-0.05, 0) is 38.1 Å². The maximum Gasteiger partial charge on any atom is 0.416 e. The van der Waals surface area contributed by atoms with E-state index < -0.39 is 42.2 Å². The summed E-state index contributed by atoms with van der Waals surface area (Å²) in [5, 5.41) is 12.0. The van der Waals surface area contributed by atoms with Crippen molar-refractivity contribution in [3.8, 4) is 0 Å². The Balaban J connectivity index is 2.39. The van der Waals surface area contributed by atoms with E-state index in [1.54, 1.807) is 7.05 Å². The molecule has 1 aromatic rings. The molecule has 1 aromatic carbocycles. The Kier molecular flexibility index (Phi) is 7.83. The van der Waals surface area contributed by atoms with Crippen molar-refractivity contribution < 1.29 is 32.7 Å². The summed E-state index contributed by atoms with van der Waals surface area (Å²) in [7, 11) is 2.94. The highest BCUT2D eigenvalue weighted by Gasteiger charge is 2.36. The molecule has 0 aromatic heterocycles. The molecule has 2 amide bonds. The lowest BCUT2D eigenvalue weighted by molar-refractivity contribution is -0.149. The molecule has 1 aliphatic heterocycles. The summed E-state index contributed by atoms with van der Waals surface area (Å²) in [5.74, 6) is -2.14. The van der Waals surface area contributed by atoms with Crippen LogP contribution in [0.3, 0.4) is 0 Å². The lowest BCUT2D eigenvalue weighted by Crippen LogP contribution is -2.55. The number of nitrogens with zero attached hydrogens (tertiary/aromatic N) is 2. The van der Waals surface area contributed by atoms with Crippen LogP contribution >= 0.6 is 0 Å². The van der Waals surface area contributed by atoms with Gasteiger partial charge in [0, 0.05) is 20.0 Å². The Morgan fingerprint density at radius 1 is 1.29 bits per heavy atom. The van der Waals surface area contributed by atoms with Gasteiger partial charge in [0.15, 0.2) is 0 Å². The molecule has 2 atom stereocenters. The second-order valence-electron chi connectivity index (χ2n) is 7.59. The molecule has 31 heavy (non-hydrogen) atoms. The van der Waals surface area contributed by atoms with Gasteiger partial charge in [-0.15, -0.1) is 0 Å². The predicted octanol–water partition coefficient (Wildman–Crippen LogP) is 1.93. The third-order valence-corrected chi connectivity index (χ3v) is 5.21. The fourth-order valence-electron chi connectivity index (χ4n) is 3.46. The van der Waals surface area contributed by atoms with Crippen molar-refractivity contribution in [1.82, 2.24) is 15.1 Å². The quantitative estimate of drug-likeness (QED) is 0.631. The van der Waals surface area contributed by atoms with Gasteiger partial charge in [-0.2, -0.15) is 13.2 Å². The molecule has 1 aliphatic rings. The first-order valence-corrected chi connectivity index (χ1v) is 9.70. The van der Waals surface area contributed by atoms with E-state index in [0.717, 1.165) is 22.6 Å². The lowest BCUT2D eigenvalue weighted by Gasteiger charge is -2.34. The Morgan fingerprint density at radius 3 is 2.42 bits per heavy atom. The molecule has 0 fully saturated rings. The Bertz CT molecular complexity index is 852. The third-order valence-electron chi connectivity index (χ3n) is 5.21. The number of rotatable bonds is 7. The average Bonchev–Trinajstić information content (AvgIpc) is 2.83. The van der Waals surface area contributed by atoms with E-state index in [4.69, 9.17) is 5.11 Å². The number of halogens is 3. The van der Waals surface area contributed by atoms with Crippen LogP contribution in [0.1, 0.15) is 24.5 Å². The van der Waals surface area contributed by atoms with E-state index in [1.165, 1.54) is 24.1 Å². The van der Waals surface area contributed by atoms with Gasteiger partial charge >= 0.3 is 12.1 Å². The molecule has 7 nitrogen and oxygen atoms in total. The monoisotopic (exact) mass is 441 g/mol. The molecular weight excluding hydrogens is 415 g/mol. The van der Waals surface area contributed by atoms with Crippen LogP contribution in [-0.2, 0) is 27.0 Å². The molecule has 0 unspecified atom stereocenters. The van der Waals surface area contributed by atoms with Gasteiger partial charge in [0.25, 0.3) is 0 Å². The van der Waals surface area contributed by atoms with Crippen LogP contribution < -0.4 is 5.32 Å². The first kappa shape index (κ1) is 24.4. The fraction of sp³-hybridized carbons (Fsp3) is 0.476. The number of amides is 2. The molecular formula is C21H26F3N3O4. The Hall–Kier alpha value is -2.88. The molecule has 0 saturated heterocycles. The highest BCUT2D eigenvalue weighted by atomic mass is 19.4. The van der Waals surface area contributed by atoms with Crippen molar-refractivity contribution in [1.29, 1.82) is 0 Å². The van der Waals surface area contributed by atoms with Crippen molar-refractivity contribution in [3.05, 3.63) is 47.0 Å². The minimum Gasteiger partial charge on any atom is -0.480 e. The van der Waals surface area contributed by atoms with Crippen molar-refractivity contribution in [2.75, 3.05) is 27.2 Å². The minimum absolute atomic E-state index is 0.0456. The predicted molar refractivity (Wildman–Crippen MR) is 107 cm³/mol. The van der Waals surface area contributed by atoms with E-state index >= 15 is 0 Å². The number of aliphatic carboxylic acids is 1. The molecule has 0 saturated carbocycles. The standard InChI is InChI=1S/C21H26F3N3O4/c1-13-8-9-27(19(30)16(10-13)25-2)17(20(31)26(3)12-18(28)29)11-14-4-6-15(7-5-14)21(22,23)24/h4-8,16-17,25H,9-12H2,1-3H3,(H,28,29)/t16-,17-/m0/s1. The number of likely N-dealkylation sites (N-methyl/N-ethyl adjacent to an activating group) is 2. The maximum absolute atomic E-state index is 13.1. The number of carbonyl (C=O) groups is 3.